The normalized spacial score (nSPS) is 11.3. The molecule has 8 heteroatoms. The summed E-state index contributed by atoms with van der Waals surface area (Å²) in [5, 5.41) is 11.8. The van der Waals surface area contributed by atoms with Crippen molar-refractivity contribution in [1.29, 1.82) is 0 Å². The van der Waals surface area contributed by atoms with Gasteiger partial charge in [0.15, 0.2) is 0 Å². The number of carboxylic acids is 1. The first-order chi connectivity index (χ1) is 9.38. The molecule has 1 rings (SSSR count). The van der Waals surface area contributed by atoms with Gasteiger partial charge in [0.2, 0.25) is 5.91 Å². The van der Waals surface area contributed by atoms with Gasteiger partial charge in [-0.05, 0) is 17.7 Å². The van der Waals surface area contributed by atoms with Crippen LogP contribution in [0.3, 0.4) is 0 Å². The molecule has 0 saturated carbocycles. The first kappa shape index (κ1) is 15.8. The van der Waals surface area contributed by atoms with Gasteiger partial charge in [0.25, 0.3) is 0 Å². The Kier molecular flexibility index (Phi) is 5.79. The standard InChI is InChI=1S/C12H14ClN3O4/c1-7(17)15-16-12(20)14-10(6-11(18)19)8-2-4-9(13)5-3-8/h2-5,10H,6H2,1H3,(H,15,17)(H,18,19)(H2,14,16,20). The summed E-state index contributed by atoms with van der Waals surface area (Å²) in [5.74, 6) is -1.51. The summed E-state index contributed by atoms with van der Waals surface area (Å²) in [7, 11) is 0. The summed E-state index contributed by atoms with van der Waals surface area (Å²) in [6.45, 7) is 1.23. The van der Waals surface area contributed by atoms with Crippen LogP contribution >= 0.6 is 11.6 Å². The van der Waals surface area contributed by atoms with Crippen molar-refractivity contribution < 1.29 is 19.5 Å². The SMILES string of the molecule is CC(=O)NNC(=O)NC(CC(=O)O)c1ccc(Cl)cc1. The fourth-order valence-corrected chi connectivity index (χ4v) is 1.59. The smallest absolute Gasteiger partial charge is 0.333 e. The largest absolute Gasteiger partial charge is 0.481 e. The van der Waals surface area contributed by atoms with Gasteiger partial charge in [0.1, 0.15) is 0 Å². The molecule has 0 spiro atoms. The van der Waals surface area contributed by atoms with Gasteiger partial charge in [-0.25, -0.2) is 10.2 Å². The van der Waals surface area contributed by atoms with Crippen LogP contribution in [0.1, 0.15) is 24.9 Å². The van der Waals surface area contributed by atoms with Crippen molar-refractivity contribution >= 4 is 29.5 Å². The maximum Gasteiger partial charge on any atom is 0.333 e. The molecule has 0 radical (unpaired) electrons. The van der Waals surface area contributed by atoms with E-state index in [1.165, 1.54) is 6.92 Å². The van der Waals surface area contributed by atoms with Crippen molar-refractivity contribution in [3.8, 4) is 0 Å². The number of carboxylic acid groups (broad SMARTS) is 1. The average Bonchev–Trinajstić information content (AvgIpc) is 2.36. The number of rotatable bonds is 4. The summed E-state index contributed by atoms with van der Waals surface area (Å²) in [4.78, 5) is 33.0. The molecule has 4 N–H and O–H groups in total. The lowest BCUT2D eigenvalue weighted by molar-refractivity contribution is -0.137. The molecule has 1 unspecified atom stereocenters. The molecule has 7 nitrogen and oxygen atoms in total. The highest BCUT2D eigenvalue weighted by atomic mass is 35.5. The van der Waals surface area contributed by atoms with Crippen molar-refractivity contribution in [2.45, 2.75) is 19.4 Å². The van der Waals surface area contributed by atoms with E-state index in [1.807, 2.05) is 0 Å². The van der Waals surface area contributed by atoms with Crippen LogP contribution in [-0.4, -0.2) is 23.0 Å². The number of hydrogen-bond acceptors (Lipinski definition) is 3. The number of aliphatic carboxylic acids is 1. The Bertz CT molecular complexity index is 504. The first-order valence-electron chi connectivity index (χ1n) is 5.69. The Labute approximate surface area is 120 Å². The van der Waals surface area contributed by atoms with Crippen LogP contribution in [0.25, 0.3) is 0 Å². The van der Waals surface area contributed by atoms with Crippen molar-refractivity contribution in [1.82, 2.24) is 16.2 Å². The number of nitrogens with one attached hydrogen (secondary N) is 3. The molecule has 0 heterocycles. The maximum absolute atomic E-state index is 11.5. The zero-order valence-electron chi connectivity index (χ0n) is 10.6. The second-order valence-corrected chi connectivity index (χ2v) is 4.42. The van der Waals surface area contributed by atoms with Gasteiger partial charge >= 0.3 is 12.0 Å². The summed E-state index contributed by atoms with van der Waals surface area (Å²) >= 11 is 5.75. The monoisotopic (exact) mass is 299 g/mol. The van der Waals surface area contributed by atoms with E-state index in [0.717, 1.165) is 0 Å². The van der Waals surface area contributed by atoms with Gasteiger partial charge in [0.05, 0.1) is 12.5 Å². The maximum atomic E-state index is 11.5. The molecule has 0 bridgehead atoms. The third-order valence-electron chi connectivity index (χ3n) is 2.31. The van der Waals surface area contributed by atoms with Crippen molar-refractivity contribution in [3.63, 3.8) is 0 Å². The van der Waals surface area contributed by atoms with E-state index in [1.54, 1.807) is 24.3 Å². The Morgan fingerprint density at radius 1 is 1.20 bits per heavy atom. The Balaban J connectivity index is 2.74. The zero-order chi connectivity index (χ0) is 15.1. The van der Waals surface area contributed by atoms with Crippen molar-refractivity contribution in [3.05, 3.63) is 34.9 Å². The predicted molar refractivity (Wildman–Crippen MR) is 71.9 cm³/mol. The molecule has 108 valence electrons. The summed E-state index contributed by atoms with van der Waals surface area (Å²) in [6.07, 6.45) is -0.297. The van der Waals surface area contributed by atoms with Crippen LogP contribution in [-0.2, 0) is 9.59 Å². The van der Waals surface area contributed by atoms with E-state index < -0.39 is 23.9 Å². The van der Waals surface area contributed by atoms with E-state index in [9.17, 15) is 14.4 Å². The number of carbonyl (C=O) groups excluding carboxylic acids is 2. The van der Waals surface area contributed by atoms with Crippen molar-refractivity contribution in [2.24, 2.45) is 0 Å². The van der Waals surface area contributed by atoms with E-state index in [0.29, 0.717) is 10.6 Å². The van der Waals surface area contributed by atoms with Gasteiger partial charge in [-0.2, -0.15) is 0 Å². The molecule has 0 aromatic heterocycles. The lowest BCUT2D eigenvalue weighted by Crippen LogP contribution is -2.47. The fourth-order valence-electron chi connectivity index (χ4n) is 1.46. The van der Waals surface area contributed by atoms with Gasteiger partial charge in [-0.1, -0.05) is 23.7 Å². The van der Waals surface area contributed by atoms with E-state index in [2.05, 4.69) is 16.2 Å². The molecular weight excluding hydrogens is 286 g/mol. The fraction of sp³-hybridized carbons (Fsp3) is 0.250. The highest BCUT2D eigenvalue weighted by Crippen LogP contribution is 2.19. The van der Waals surface area contributed by atoms with Gasteiger partial charge in [-0.15, -0.1) is 0 Å². The number of hydrogen-bond donors (Lipinski definition) is 4. The Morgan fingerprint density at radius 2 is 1.80 bits per heavy atom. The van der Waals surface area contributed by atoms with Crippen LogP contribution in [0, 0.1) is 0 Å². The number of urea groups is 1. The molecule has 0 aliphatic heterocycles. The number of amides is 3. The Hall–Kier alpha value is -2.28. The summed E-state index contributed by atoms with van der Waals surface area (Å²) < 4.78 is 0. The third-order valence-corrected chi connectivity index (χ3v) is 2.56. The molecule has 0 fully saturated rings. The molecule has 20 heavy (non-hydrogen) atoms. The van der Waals surface area contributed by atoms with Crippen LogP contribution in [0.15, 0.2) is 24.3 Å². The van der Waals surface area contributed by atoms with Gasteiger partial charge < -0.3 is 10.4 Å². The number of halogens is 1. The van der Waals surface area contributed by atoms with Crippen LogP contribution < -0.4 is 16.2 Å². The van der Waals surface area contributed by atoms with Crippen molar-refractivity contribution in [2.75, 3.05) is 0 Å². The minimum Gasteiger partial charge on any atom is -0.481 e. The third kappa shape index (κ3) is 5.57. The highest BCUT2D eigenvalue weighted by molar-refractivity contribution is 6.30. The molecule has 0 saturated heterocycles. The van der Waals surface area contributed by atoms with Crippen LogP contribution in [0.5, 0.6) is 0 Å². The summed E-state index contributed by atoms with van der Waals surface area (Å²) in [6, 6.07) is 4.99. The predicted octanol–water partition coefficient (Wildman–Crippen LogP) is 1.21. The van der Waals surface area contributed by atoms with Gasteiger partial charge in [0, 0.05) is 11.9 Å². The lowest BCUT2D eigenvalue weighted by atomic mass is 10.0. The average molecular weight is 300 g/mol. The molecule has 1 aromatic carbocycles. The second-order valence-electron chi connectivity index (χ2n) is 3.98. The number of carbonyl (C=O) groups is 3. The minimum absolute atomic E-state index is 0.297. The topological polar surface area (TPSA) is 108 Å². The quantitative estimate of drug-likeness (QED) is 0.627. The Morgan fingerprint density at radius 3 is 2.30 bits per heavy atom. The molecule has 0 aliphatic carbocycles. The zero-order valence-corrected chi connectivity index (χ0v) is 11.4. The van der Waals surface area contributed by atoms with Crippen LogP contribution in [0.2, 0.25) is 5.02 Å². The minimum atomic E-state index is -1.07. The molecule has 3 amide bonds. The lowest BCUT2D eigenvalue weighted by Gasteiger charge is -2.18. The van der Waals surface area contributed by atoms with E-state index in [-0.39, 0.29) is 6.42 Å². The summed E-state index contributed by atoms with van der Waals surface area (Å²) in [5.41, 5.74) is 4.79. The van der Waals surface area contributed by atoms with Gasteiger partial charge in [-0.3, -0.25) is 15.0 Å². The molecular formula is C12H14ClN3O4. The highest BCUT2D eigenvalue weighted by Gasteiger charge is 2.18. The molecule has 1 aromatic rings. The van der Waals surface area contributed by atoms with E-state index in [4.69, 9.17) is 16.7 Å². The molecule has 0 aliphatic rings. The van der Waals surface area contributed by atoms with E-state index >= 15 is 0 Å². The second kappa shape index (κ2) is 7.34. The number of hydrazine groups is 1. The van der Waals surface area contributed by atoms with Crippen LogP contribution in [0.4, 0.5) is 4.79 Å². The first-order valence-corrected chi connectivity index (χ1v) is 6.06. The number of benzene rings is 1. The molecule has 1 atom stereocenters.